The molecular formula is C17H23NO5. The number of methoxy groups -OCH3 is 1. The summed E-state index contributed by atoms with van der Waals surface area (Å²) in [7, 11) is 1.51. The minimum Gasteiger partial charge on any atom is -0.493 e. The lowest BCUT2D eigenvalue weighted by Gasteiger charge is -2.20. The molecule has 6 nitrogen and oxygen atoms in total. The van der Waals surface area contributed by atoms with Crippen LogP contribution in [0.1, 0.15) is 13.8 Å². The van der Waals surface area contributed by atoms with E-state index in [0.717, 1.165) is 5.57 Å². The third-order valence-corrected chi connectivity index (χ3v) is 2.97. The summed E-state index contributed by atoms with van der Waals surface area (Å²) in [6, 6.07) is 6.97. The van der Waals surface area contributed by atoms with Gasteiger partial charge in [-0.05, 0) is 26.0 Å². The van der Waals surface area contributed by atoms with Crippen molar-refractivity contribution < 1.29 is 23.8 Å². The molecule has 0 aliphatic heterocycles. The predicted molar refractivity (Wildman–Crippen MR) is 86.5 cm³/mol. The molecule has 0 aliphatic rings. The second-order valence-corrected chi connectivity index (χ2v) is 4.97. The zero-order valence-electron chi connectivity index (χ0n) is 13.8. The topological polar surface area (TPSA) is 65.1 Å². The maximum Gasteiger partial charge on any atom is 0.344 e. The van der Waals surface area contributed by atoms with Crippen molar-refractivity contribution in [2.75, 3.05) is 33.4 Å². The highest BCUT2D eigenvalue weighted by molar-refractivity contribution is 5.81. The van der Waals surface area contributed by atoms with Crippen LogP contribution >= 0.6 is 0 Å². The predicted octanol–water partition coefficient (Wildman–Crippen LogP) is 2.04. The Morgan fingerprint density at radius 1 is 1.17 bits per heavy atom. The van der Waals surface area contributed by atoms with Crippen LogP contribution in [0, 0.1) is 0 Å². The van der Waals surface area contributed by atoms with Gasteiger partial charge in [0.2, 0.25) is 0 Å². The number of rotatable bonds is 9. The van der Waals surface area contributed by atoms with E-state index in [2.05, 4.69) is 6.58 Å². The Balaban J connectivity index is 2.42. The molecule has 0 bridgehead atoms. The van der Waals surface area contributed by atoms with Crippen molar-refractivity contribution >= 4 is 11.9 Å². The van der Waals surface area contributed by atoms with Crippen LogP contribution in [0.4, 0.5) is 0 Å². The second-order valence-electron chi connectivity index (χ2n) is 4.97. The van der Waals surface area contributed by atoms with Gasteiger partial charge in [-0.3, -0.25) is 4.79 Å². The van der Waals surface area contributed by atoms with Gasteiger partial charge in [-0.1, -0.05) is 24.3 Å². The Morgan fingerprint density at radius 3 is 2.39 bits per heavy atom. The van der Waals surface area contributed by atoms with Crippen LogP contribution in [0.3, 0.4) is 0 Å². The van der Waals surface area contributed by atoms with Crippen LogP contribution < -0.4 is 9.47 Å². The van der Waals surface area contributed by atoms with Gasteiger partial charge < -0.3 is 19.1 Å². The molecule has 23 heavy (non-hydrogen) atoms. The van der Waals surface area contributed by atoms with Crippen LogP contribution in [0.5, 0.6) is 11.5 Å². The van der Waals surface area contributed by atoms with Gasteiger partial charge in [0, 0.05) is 13.1 Å². The minimum atomic E-state index is -0.615. The van der Waals surface area contributed by atoms with E-state index in [1.807, 2.05) is 13.8 Å². The Kier molecular flexibility index (Phi) is 7.66. The number of ether oxygens (including phenoxy) is 3. The Bertz CT molecular complexity index is 556. The summed E-state index contributed by atoms with van der Waals surface area (Å²) in [5, 5.41) is 0. The zero-order chi connectivity index (χ0) is 17.2. The second kappa shape index (κ2) is 9.50. The molecule has 0 spiro atoms. The van der Waals surface area contributed by atoms with Gasteiger partial charge in [-0.2, -0.15) is 0 Å². The van der Waals surface area contributed by atoms with Crippen LogP contribution in [-0.4, -0.2) is 50.2 Å². The van der Waals surface area contributed by atoms with Crippen molar-refractivity contribution in [1.29, 1.82) is 0 Å². The number of hydrogen-bond acceptors (Lipinski definition) is 5. The first kappa shape index (κ1) is 18.5. The smallest absolute Gasteiger partial charge is 0.344 e. The number of para-hydroxylation sites is 2. The zero-order valence-corrected chi connectivity index (χ0v) is 13.8. The molecule has 0 radical (unpaired) electrons. The van der Waals surface area contributed by atoms with Crippen LogP contribution in [0.25, 0.3) is 0 Å². The van der Waals surface area contributed by atoms with E-state index in [-0.39, 0.29) is 19.1 Å². The molecule has 0 fully saturated rings. The molecule has 0 atom stereocenters. The third-order valence-electron chi connectivity index (χ3n) is 2.97. The first-order chi connectivity index (χ1) is 11.0. The van der Waals surface area contributed by atoms with Crippen molar-refractivity contribution in [3.8, 4) is 11.5 Å². The average Bonchev–Trinajstić information content (AvgIpc) is 2.55. The van der Waals surface area contributed by atoms with Crippen molar-refractivity contribution in [1.82, 2.24) is 4.90 Å². The molecule has 0 aliphatic carbocycles. The lowest BCUT2D eigenvalue weighted by Crippen LogP contribution is -2.36. The maximum atomic E-state index is 11.9. The highest BCUT2D eigenvalue weighted by atomic mass is 16.6. The fraction of sp³-hybridized carbons (Fsp3) is 0.412. The van der Waals surface area contributed by atoms with Gasteiger partial charge in [0.1, 0.15) is 0 Å². The van der Waals surface area contributed by atoms with Crippen LogP contribution in [0.15, 0.2) is 36.4 Å². The Morgan fingerprint density at radius 2 is 1.83 bits per heavy atom. The summed E-state index contributed by atoms with van der Waals surface area (Å²) >= 11 is 0. The van der Waals surface area contributed by atoms with E-state index in [1.54, 1.807) is 29.2 Å². The Hall–Kier alpha value is -2.50. The molecule has 1 rings (SSSR count). The van der Waals surface area contributed by atoms with E-state index in [0.29, 0.717) is 24.6 Å². The van der Waals surface area contributed by atoms with E-state index in [4.69, 9.17) is 14.2 Å². The van der Waals surface area contributed by atoms with Gasteiger partial charge in [0.25, 0.3) is 5.91 Å². The molecule has 0 aromatic heterocycles. The highest BCUT2D eigenvalue weighted by Crippen LogP contribution is 2.25. The Labute approximate surface area is 136 Å². The number of carbonyl (C=O) groups is 2. The van der Waals surface area contributed by atoms with E-state index < -0.39 is 5.97 Å². The lowest BCUT2D eigenvalue weighted by molar-refractivity contribution is -0.153. The SMILES string of the molecule is C=C(C)CN(CC)C(=O)COC(=O)COc1ccccc1OC. The summed E-state index contributed by atoms with van der Waals surface area (Å²) in [6.07, 6.45) is 0. The van der Waals surface area contributed by atoms with E-state index in [1.165, 1.54) is 7.11 Å². The largest absolute Gasteiger partial charge is 0.493 e. The van der Waals surface area contributed by atoms with Crippen molar-refractivity contribution in [2.45, 2.75) is 13.8 Å². The van der Waals surface area contributed by atoms with Gasteiger partial charge in [0.05, 0.1) is 7.11 Å². The highest BCUT2D eigenvalue weighted by Gasteiger charge is 2.15. The number of amides is 1. The quantitative estimate of drug-likeness (QED) is 0.514. The number of likely N-dealkylation sites (N-methyl/N-ethyl adjacent to an activating group) is 1. The number of benzene rings is 1. The fourth-order valence-electron chi connectivity index (χ4n) is 1.85. The van der Waals surface area contributed by atoms with E-state index in [9.17, 15) is 9.59 Å². The number of nitrogens with zero attached hydrogens (tertiary/aromatic N) is 1. The van der Waals surface area contributed by atoms with Gasteiger partial charge in [-0.25, -0.2) is 4.79 Å². The van der Waals surface area contributed by atoms with Crippen molar-refractivity contribution in [3.05, 3.63) is 36.4 Å². The first-order valence-electron chi connectivity index (χ1n) is 7.31. The minimum absolute atomic E-state index is 0.263. The standard InChI is InChI=1S/C17H23NO5/c1-5-18(10-13(2)3)16(19)11-23-17(20)12-22-15-9-7-6-8-14(15)21-4/h6-9H,2,5,10-12H2,1,3-4H3. The van der Waals surface area contributed by atoms with Crippen molar-refractivity contribution in [3.63, 3.8) is 0 Å². The van der Waals surface area contributed by atoms with Gasteiger partial charge >= 0.3 is 5.97 Å². The summed E-state index contributed by atoms with van der Waals surface area (Å²) in [5.74, 6) is 0.0857. The summed E-state index contributed by atoms with van der Waals surface area (Å²) in [6.45, 7) is 7.83. The lowest BCUT2D eigenvalue weighted by atomic mass is 10.3. The monoisotopic (exact) mass is 321 g/mol. The van der Waals surface area contributed by atoms with Crippen LogP contribution in [-0.2, 0) is 14.3 Å². The maximum absolute atomic E-state index is 11.9. The third kappa shape index (κ3) is 6.42. The molecule has 0 N–H and O–H groups in total. The molecule has 0 saturated heterocycles. The van der Waals surface area contributed by atoms with Gasteiger partial charge in [0.15, 0.2) is 24.7 Å². The molecule has 1 aromatic carbocycles. The molecule has 1 amide bonds. The molecule has 126 valence electrons. The number of hydrogen-bond donors (Lipinski definition) is 0. The van der Waals surface area contributed by atoms with Crippen LogP contribution in [0.2, 0.25) is 0 Å². The average molecular weight is 321 g/mol. The summed E-state index contributed by atoms with van der Waals surface area (Å²) < 4.78 is 15.4. The van der Waals surface area contributed by atoms with Crippen molar-refractivity contribution in [2.24, 2.45) is 0 Å². The number of carbonyl (C=O) groups excluding carboxylic acids is 2. The molecule has 0 unspecified atom stereocenters. The molecule has 0 saturated carbocycles. The number of esters is 1. The summed E-state index contributed by atoms with van der Waals surface area (Å²) in [5.41, 5.74) is 0.867. The van der Waals surface area contributed by atoms with E-state index >= 15 is 0 Å². The normalized spacial score (nSPS) is 9.87. The summed E-state index contributed by atoms with van der Waals surface area (Å²) in [4.78, 5) is 25.2. The molecule has 1 aromatic rings. The fourth-order valence-corrected chi connectivity index (χ4v) is 1.85. The molecular weight excluding hydrogens is 298 g/mol. The first-order valence-corrected chi connectivity index (χ1v) is 7.31. The molecule has 0 heterocycles. The van der Waals surface area contributed by atoms with Gasteiger partial charge in [-0.15, -0.1) is 0 Å². The molecule has 6 heteroatoms.